The first-order valence-electron chi connectivity index (χ1n) is 5.18. The molecule has 0 aromatic carbocycles. The van der Waals surface area contributed by atoms with Crippen LogP contribution in [0.3, 0.4) is 0 Å². The van der Waals surface area contributed by atoms with Crippen LogP contribution in [0.2, 0.25) is 0 Å². The summed E-state index contributed by atoms with van der Waals surface area (Å²) in [6, 6.07) is 0. The van der Waals surface area contributed by atoms with Crippen LogP contribution in [0.15, 0.2) is 5.16 Å². The van der Waals surface area contributed by atoms with Gasteiger partial charge in [0.2, 0.25) is 0 Å². The molecule has 0 atom stereocenters. The molecule has 0 aliphatic carbocycles. The highest BCUT2D eigenvalue weighted by molar-refractivity contribution is 6.36. The Morgan fingerprint density at radius 1 is 1.40 bits per heavy atom. The van der Waals surface area contributed by atoms with E-state index in [1.807, 2.05) is 0 Å². The molecule has 0 bridgehead atoms. The third-order valence-electron chi connectivity index (χ3n) is 1.81. The molecular formula is C11H21NO3. The van der Waals surface area contributed by atoms with Crippen molar-refractivity contribution in [3.63, 3.8) is 0 Å². The molecule has 0 aliphatic rings. The highest BCUT2D eigenvalue weighted by Gasteiger charge is 2.19. The molecule has 0 rings (SSSR count). The lowest BCUT2D eigenvalue weighted by atomic mass is 9.89. The molecule has 1 N–H and O–H groups in total. The van der Waals surface area contributed by atoms with Crippen LogP contribution in [-0.4, -0.2) is 23.0 Å². The van der Waals surface area contributed by atoms with E-state index in [4.69, 9.17) is 9.94 Å². The Bertz CT molecular complexity index is 239. The van der Waals surface area contributed by atoms with Gasteiger partial charge in [0.05, 0.1) is 6.10 Å². The number of esters is 1. The van der Waals surface area contributed by atoms with Gasteiger partial charge < -0.3 is 9.94 Å². The predicted molar refractivity (Wildman–Crippen MR) is 59.1 cm³/mol. The number of carbonyl (C=O) groups excluding carboxylic acids is 1. The van der Waals surface area contributed by atoms with Gasteiger partial charge in [0, 0.05) is 6.42 Å². The van der Waals surface area contributed by atoms with Gasteiger partial charge in [-0.1, -0.05) is 25.9 Å². The molecule has 88 valence electrons. The quantitative estimate of drug-likeness (QED) is 0.339. The second-order valence-electron chi connectivity index (χ2n) is 5.06. The summed E-state index contributed by atoms with van der Waals surface area (Å²) < 4.78 is 4.94. The second-order valence-corrected chi connectivity index (χ2v) is 5.06. The van der Waals surface area contributed by atoms with Gasteiger partial charge in [0.25, 0.3) is 0 Å². The molecule has 0 heterocycles. The predicted octanol–water partition coefficient (Wildman–Crippen LogP) is 2.59. The minimum Gasteiger partial charge on any atom is -0.458 e. The molecule has 0 fully saturated rings. The van der Waals surface area contributed by atoms with Gasteiger partial charge in [0.15, 0.2) is 5.71 Å². The summed E-state index contributed by atoms with van der Waals surface area (Å²) in [5.74, 6) is -0.531. The fourth-order valence-corrected chi connectivity index (χ4v) is 0.968. The van der Waals surface area contributed by atoms with Crippen molar-refractivity contribution >= 4 is 11.7 Å². The Morgan fingerprint density at radius 2 is 1.93 bits per heavy atom. The fraction of sp³-hybridized carbons (Fsp3) is 0.818. The molecule has 0 aliphatic heterocycles. The molecule has 4 heteroatoms. The summed E-state index contributed by atoms with van der Waals surface area (Å²) in [7, 11) is 0. The normalized spacial score (nSPS) is 13.1. The molecule has 0 saturated heterocycles. The van der Waals surface area contributed by atoms with E-state index in [-0.39, 0.29) is 17.2 Å². The SMILES string of the molecule is CC(C)OC(=O)C(CCC(C)(C)C)=NO. The first-order chi connectivity index (χ1) is 6.76. The number of nitrogens with zero attached hydrogens (tertiary/aromatic N) is 1. The summed E-state index contributed by atoms with van der Waals surface area (Å²) in [4.78, 5) is 11.4. The standard InChI is InChI=1S/C11H21NO3/c1-8(2)15-10(13)9(12-14)6-7-11(3,4)5/h8,14H,6-7H2,1-5H3. The Balaban J connectivity index is 4.22. The van der Waals surface area contributed by atoms with Gasteiger partial charge in [-0.15, -0.1) is 0 Å². The number of hydrogen-bond donors (Lipinski definition) is 1. The van der Waals surface area contributed by atoms with Crippen LogP contribution >= 0.6 is 0 Å². The maximum absolute atomic E-state index is 11.4. The number of ether oxygens (including phenoxy) is 1. The minimum atomic E-state index is -0.531. The van der Waals surface area contributed by atoms with E-state index in [2.05, 4.69) is 25.9 Å². The number of rotatable bonds is 4. The number of oxime groups is 1. The molecule has 0 aromatic rings. The van der Waals surface area contributed by atoms with Crippen LogP contribution in [0, 0.1) is 5.41 Å². The molecule has 4 nitrogen and oxygen atoms in total. The molecule has 0 aromatic heterocycles. The molecular weight excluding hydrogens is 194 g/mol. The number of hydrogen-bond acceptors (Lipinski definition) is 4. The Labute approximate surface area is 91.3 Å². The van der Waals surface area contributed by atoms with Gasteiger partial charge in [-0.3, -0.25) is 0 Å². The molecule has 0 radical (unpaired) electrons. The molecule has 0 saturated carbocycles. The average Bonchev–Trinajstić information content (AvgIpc) is 2.01. The summed E-state index contributed by atoms with van der Waals surface area (Å²) in [5.41, 5.74) is 0.201. The highest BCUT2D eigenvalue weighted by Crippen LogP contribution is 2.21. The zero-order chi connectivity index (χ0) is 12.1. The van der Waals surface area contributed by atoms with Crippen LogP contribution in [0.4, 0.5) is 0 Å². The van der Waals surface area contributed by atoms with Gasteiger partial charge in [0.1, 0.15) is 0 Å². The van der Waals surface area contributed by atoms with E-state index in [1.165, 1.54) is 0 Å². The van der Waals surface area contributed by atoms with Gasteiger partial charge in [-0.25, -0.2) is 4.79 Å². The summed E-state index contributed by atoms with van der Waals surface area (Å²) >= 11 is 0. The molecule has 0 unspecified atom stereocenters. The average molecular weight is 215 g/mol. The first-order valence-corrected chi connectivity index (χ1v) is 5.18. The van der Waals surface area contributed by atoms with Crippen molar-refractivity contribution in [2.45, 2.75) is 53.6 Å². The maximum atomic E-state index is 11.4. The maximum Gasteiger partial charge on any atom is 0.356 e. The van der Waals surface area contributed by atoms with Crippen molar-refractivity contribution in [3.05, 3.63) is 0 Å². The lowest BCUT2D eigenvalue weighted by Crippen LogP contribution is -2.22. The van der Waals surface area contributed by atoms with E-state index >= 15 is 0 Å². The highest BCUT2D eigenvalue weighted by atomic mass is 16.5. The van der Waals surface area contributed by atoms with E-state index in [0.29, 0.717) is 6.42 Å². The second kappa shape index (κ2) is 5.73. The largest absolute Gasteiger partial charge is 0.458 e. The molecule has 15 heavy (non-hydrogen) atoms. The Hall–Kier alpha value is -1.06. The third kappa shape index (κ3) is 6.94. The van der Waals surface area contributed by atoms with Gasteiger partial charge in [-0.05, 0) is 25.7 Å². The van der Waals surface area contributed by atoms with E-state index < -0.39 is 5.97 Å². The van der Waals surface area contributed by atoms with Crippen LogP contribution in [-0.2, 0) is 9.53 Å². The van der Waals surface area contributed by atoms with Crippen molar-refractivity contribution in [1.82, 2.24) is 0 Å². The smallest absolute Gasteiger partial charge is 0.356 e. The molecule has 0 spiro atoms. The van der Waals surface area contributed by atoms with E-state index in [9.17, 15) is 4.79 Å². The summed E-state index contributed by atoms with van der Waals surface area (Å²) in [5, 5.41) is 11.7. The topological polar surface area (TPSA) is 58.9 Å². The van der Waals surface area contributed by atoms with Crippen molar-refractivity contribution in [2.75, 3.05) is 0 Å². The fourth-order valence-electron chi connectivity index (χ4n) is 0.968. The van der Waals surface area contributed by atoms with E-state index in [0.717, 1.165) is 6.42 Å². The lowest BCUT2D eigenvalue weighted by Gasteiger charge is -2.17. The van der Waals surface area contributed by atoms with Gasteiger partial charge in [-0.2, -0.15) is 0 Å². The van der Waals surface area contributed by atoms with Crippen LogP contribution in [0.5, 0.6) is 0 Å². The molecule has 0 amide bonds. The summed E-state index contributed by atoms with van der Waals surface area (Å²) in [6.45, 7) is 9.72. The number of carbonyl (C=O) groups is 1. The van der Waals surface area contributed by atoms with Crippen molar-refractivity contribution < 1.29 is 14.7 Å². The first kappa shape index (κ1) is 13.9. The van der Waals surface area contributed by atoms with Crippen LogP contribution in [0.25, 0.3) is 0 Å². The van der Waals surface area contributed by atoms with Crippen LogP contribution in [0.1, 0.15) is 47.5 Å². The Morgan fingerprint density at radius 3 is 2.27 bits per heavy atom. The zero-order valence-corrected chi connectivity index (χ0v) is 10.2. The lowest BCUT2D eigenvalue weighted by molar-refractivity contribution is -0.139. The summed E-state index contributed by atoms with van der Waals surface area (Å²) in [6.07, 6.45) is 1.02. The van der Waals surface area contributed by atoms with Crippen molar-refractivity contribution in [2.24, 2.45) is 10.6 Å². The van der Waals surface area contributed by atoms with Crippen molar-refractivity contribution in [3.8, 4) is 0 Å². The zero-order valence-electron chi connectivity index (χ0n) is 10.2. The van der Waals surface area contributed by atoms with E-state index in [1.54, 1.807) is 13.8 Å². The van der Waals surface area contributed by atoms with Crippen LogP contribution < -0.4 is 0 Å². The van der Waals surface area contributed by atoms with Gasteiger partial charge >= 0.3 is 5.97 Å². The third-order valence-corrected chi connectivity index (χ3v) is 1.81. The minimum absolute atomic E-state index is 0.0959. The van der Waals surface area contributed by atoms with Crippen molar-refractivity contribution in [1.29, 1.82) is 0 Å². The monoisotopic (exact) mass is 215 g/mol. The Kier molecular flexibility index (Phi) is 5.33.